The SMILES string of the molecule is COc1cc(OC)c(CNC(=O)c2c(C)c(SC)n(C)c2C)c(OC)c1. The van der Waals surface area contributed by atoms with Gasteiger partial charge in [0.15, 0.2) is 0 Å². The van der Waals surface area contributed by atoms with Crippen LogP contribution in [-0.4, -0.2) is 38.1 Å². The van der Waals surface area contributed by atoms with E-state index in [9.17, 15) is 4.79 Å². The van der Waals surface area contributed by atoms with E-state index < -0.39 is 0 Å². The average molecular weight is 378 g/mol. The molecule has 0 saturated carbocycles. The number of ether oxygens (including phenoxy) is 3. The second kappa shape index (κ2) is 8.40. The smallest absolute Gasteiger partial charge is 0.253 e. The lowest BCUT2D eigenvalue weighted by molar-refractivity contribution is 0.0949. The van der Waals surface area contributed by atoms with Gasteiger partial charge in [0.05, 0.1) is 44.0 Å². The number of amides is 1. The molecule has 1 aromatic carbocycles. The van der Waals surface area contributed by atoms with Crippen LogP contribution < -0.4 is 19.5 Å². The molecule has 0 saturated heterocycles. The van der Waals surface area contributed by atoms with E-state index in [4.69, 9.17) is 14.2 Å². The number of hydrogen-bond acceptors (Lipinski definition) is 5. The monoisotopic (exact) mass is 378 g/mol. The number of thioether (sulfide) groups is 1. The molecule has 2 aromatic rings. The Morgan fingerprint density at radius 3 is 2.12 bits per heavy atom. The van der Waals surface area contributed by atoms with Gasteiger partial charge in [-0.1, -0.05) is 0 Å². The summed E-state index contributed by atoms with van der Waals surface area (Å²) in [7, 11) is 6.71. The maximum atomic E-state index is 12.8. The van der Waals surface area contributed by atoms with E-state index in [1.807, 2.05) is 31.7 Å². The molecule has 1 amide bonds. The van der Waals surface area contributed by atoms with Gasteiger partial charge >= 0.3 is 0 Å². The number of nitrogens with one attached hydrogen (secondary N) is 1. The van der Waals surface area contributed by atoms with Gasteiger partial charge in [-0.15, -0.1) is 11.8 Å². The summed E-state index contributed by atoms with van der Waals surface area (Å²) < 4.78 is 18.2. The highest BCUT2D eigenvalue weighted by Gasteiger charge is 2.21. The molecule has 0 radical (unpaired) electrons. The van der Waals surface area contributed by atoms with Gasteiger partial charge in [0.1, 0.15) is 17.2 Å². The molecule has 0 atom stereocenters. The van der Waals surface area contributed by atoms with Gasteiger partial charge in [-0.2, -0.15) is 0 Å². The van der Waals surface area contributed by atoms with Crippen molar-refractivity contribution in [2.24, 2.45) is 7.05 Å². The molecule has 7 heteroatoms. The average Bonchev–Trinajstić information content (AvgIpc) is 2.87. The van der Waals surface area contributed by atoms with E-state index in [-0.39, 0.29) is 12.5 Å². The zero-order chi connectivity index (χ0) is 19.4. The van der Waals surface area contributed by atoms with Crippen molar-refractivity contribution in [3.05, 3.63) is 34.5 Å². The minimum absolute atomic E-state index is 0.115. The first kappa shape index (κ1) is 20.0. The fourth-order valence-electron chi connectivity index (χ4n) is 3.08. The van der Waals surface area contributed by atoms with Crippen LogP contribution >= 0.6 is 11.8 Å². The Morgan fingerprint density at radius 2 is 1.69 bits per heavy atom. The number of benzene rings is 1. The number of nitrogens with zero attached hydrogens (tertiary/aromatic N) is 1. The maximum absolute atomic E-state index is 12.8. The van der Waals surface area contributed by atoms with Gasteiger partial charge in [-0.25, -0.2) is 0 Å². The molecule has 0 bridgehead atoms. The zero-order valence-corrected chi connectivity index (χ0v) is 17.2. The molecule has 1 aromatic heterocycles. The Hall–Kier alpha value is -2.28. The third kappa shape index (κ3) is 3.62. The molecule has 0 spiro atoms. The summed E-state index contributed by atoms with van der Waals surface area (Å²) in [6, 6.07) is 3.55. The largest absolute Gasteiger partial charge is 0.496 e. The van der Waals surface area contributed by atoms with E-state index in [2.05, 4.69) is 5.32 Å². The quantitative estimate of drug-likeness (QED) is 0.749. The summed E-state index contributed by atoms with van der Waals surface area (Å²) in [5.74, 6) is 1.73. The first-order chi connectivity index (χ1) is 12.4. The fraction of sp³-hybridized carbons (Fsp3) is 0.421. The number of rotatable bonds is 7. The van der Waals surface area contributed by atoms with Crippen molar-refractivity contribution in [2.75, 3.05) is 27.6 Å². The molecule has 0 unspecified atom stereocenters. The summed E-state index contributed by atoms with van der Waals surface area (Å²) >= 11 is 1.63. The van der Waals surface area contributed by atoms with Crippen molar-refractivity contribution in [2.45, 2.75) is 25.4 Å². The number of hydrogen-bond donors (Lipinski definition) is 1. The topological polar surface area (TPSA) is 61.7 Å². The van der Waals surface area contributed by atoms with Crippen LogP contribution in [0.25, 0.3) is 0 Å². The molecule has 1 N–H and O–H groups in total. The Balaban J connectivity index is 2.31. The van der Waals surface area contributed by atoms with Crippen LogP contribution in [-0.2, 0) is 13.6 Å². The normalized spacial score (nSPS) is 10.6. The van der Waals surface area contributed by atoms with Crippen LogP contribution in [0.3, 0.4) is 0 Å². The molecule has 1 heterocycles. The summed E-state index contributed by atoms with van der Waals surface area (Å²) in [6.07, 6.45) is 2.01. The summed E-state index contributed by atoms with van der Waals surface area (Å²) in [5.41, 5.74) is 3.41. The third-order valence-electron chi connectivity index (χ3n) is 4.53. The highest BCUT2D eigenvalue weighted by atomic mass is 32.2. The number of methoxy groups -OCH3 is 3. The zero-order valence-electron chi connectivity index (χ0n) is 16.4. The van der Waals surface area contributed by atoms with Crippen LogP contribution in [0, 0.1) is 13.8 Å². The lowest BCUT2D eigenvalue weighted by Crippen LogP contribution is -2.24. The summed E-state index contributed by atoms with van der Waals surface area (Å²) in [6.45, 7) is 4.22. The van der Waals surface area contributed by atoms with Crippen molar-refractivity contribution in [1.82, 2.24) is 9.88 Å². The number of carbonyl (C=O) groups is 1. The molecular formula is C19H26N2O4S. The van der Waals surface area contributed by atoms with Gasteiger partial charge in [0.2, 0.25) is 0 Å². The highest BCUT2D eigenvalue weighted by Crippen LogP contribution is 2.34. The molecule has 6 nitrogen and oxygen atoms in total. The van der Waals surface area contributed by atoms with Crippen LogP contribution in [0.1, 0.15) is 27.2 Å². The van der Waals surface area contributed by atoms with Crippen molar-refractivity contribution in [3.63, 3.8) is 0 Å². The Bertz CT molecular complexity index is 789. The summed E-state index contributed by atoms with van der Waals surface area (Å²) in [4.78, 5) is 12.8. The minimum Gasteiger partial charge on any atom is -0.496 e. The van der Waals surface area contributed by atoms with Crippen molar-refractivity contribution in [1.29, 1.82) is 0 Å². The molecule has 0 aliphatic rings. The molecule has 0 aliphatic carbocycles. The molecule has 0 aliphatic heterocycles. The maximum Gasteiger partial charge on any atom is 0.253 e. The minimum atomic E-state index is -0.115. The van der Waals surface area contributed by atoms with E-state index in [1.54, 1.807) is 45.2 Å². The van der Waals surface area contributed by atoms with Gasteiger partial charge in [0, 0.05) is 24.9 Å². The molecular weight excluding hydrogens is 352 g/mol. The van der Waals surface area contributed by atoms with Crippen molar-refractivity contribution < 1.29 is 19.0 Å². The Kier molecular flexibility index (Phi) is 6.47. The lowest BCUT2D eigenvalue weighted by atomic mass is 10.1. The second-order valence-corrected chi connectivity index (χ2v) is 6.64. The first-order valence-electron chi connectivity index (χ1n) is 8.16. The first-order valence-corrected chi connectivity index (χ1v) is 9.38. The third-order valence-corrected chi connectivity index (χ3v) is 5.50. The van der Waals surface area contributed by atoms with Crippen LogP contribution in [0.5, 0.6) is 17.2 Å². The number of aromatic nitrogens is 1. The van der Waals surface area contributed by atoms with E-state index >= 15 is 0 Å². The molecule has 26 heavy (non-hydrogen) atoms. The van der Waals surface area contributed by atoms with E-state index in [1.165, 1.54) is 0 Å². The standard InChI is InChI=1S/C19H26N2O4S/c1-11-17(12(2)21(3)19(11)26-7)18(22)20-10-14-15(24-5)8-13(23-4)9-16(14)25-6/h8-9H,10H2,1-7H3,(H,20,22). The highest BCUT2D eigenvalue weighted by molar-refractivity contribution is 7.98. The molecule has 0 fully saturated rings. The number of carbonyl (C=O) groups excluding carboxylic acids is 1. The van der Waals surface area contributed by atoms with E-state index in [0.717, 1.165) is 21.8 Å². The predicted octanol–water partition coefficient (Wildman–Crippen LogP) is 3.32. The van der Waals surface area contributed by atoms with Gasteiger partial charge < -0.3 is 24.1 Å². The van der Waals surface area contributed by atoms with E-state index in [0.29, 0.717) is 22.8 Å². The Morgan fingerprint density at radius 1 is 1.12 bits per heavy atom. The molecule has 2 rings (SSSR count). The fourth-order valence-corrected chi connectivity index (χ4v) is 3.90. The molecule has 142 valence electrons. The lowest BCUT2D eigenvalue weighted by Gasteiger charge is -2.15. The van der Waals surface area contributed by atoms with Gasteiger partial charge in [-0.3, -0.25) is 4.79 Å². The Labute approximate surface area is 158 Å². The van der Waals surface area contributed by atoms with Crippen LogP contribution in [0.4, 0.5) is 0 Å². The van der Waals surface area contributed by atoms with Crippen LogP contribution in [0.2, 0.25) is 0 Å². The van der Waals surface area contributed by atoms with Gasteiger partial charge in [0.25, 0.3) is 5.91 Å². The predicted molar refractivity (Wildman–Crippen MR) is 104 cm³/mol. The van der Waals surface area contributed by atoms with Gasteiger partial charge in [-0.05, 0) is 25.7 Å². The second-order valence-electron chi connectivity index (χ2n) is 5.85. The summed E-state index contributed by atoms with van der Waals surface area (Å²) in [5, 5.41) is 4.08. The van der Waals surface area contributed by atoms with Crippen LogP contribution in [0.15, 0.2) is 17.2 Å². The van der Waals surface area contributed by atoms with Crippen molar-refractivity contribution in [3.8, 4) is 17.2 Å². The van der Waals surface area contributed by atoms with Crippen molar-refractivity contribution >= 4 is 17.7 Å².